The van der Waals surface area contributed by atoms with Gasteiger partial charge in [-0.3, -0.25) is 0 Å². The van der Waals surface area contributed by atoms with Crippen molar-refractivity contribution < 1.29 is 0 Å². The molecule has 0 bridgehead atoms. The molecule has 0 aliphatic heterocycles. The molecular weight excluding hydrogens is 316 g/mol. The number of unbranched alkanes of at least 4 members (excludes halogenated alkanes) is 1. The lowest BCUT2D eigenvalue weighted by Crippen LogP contribution is -2.01. The maximum atomic E-state index is 6.31. The van der Waals surface area contributed by atoms with Crippen LogP contribution in [0.25, 0.3) is 12.2 Å². The van der Waals surface area contributed by atoms with Gasteiger partial charge in [0.1, 0.15) is 0 Å². The van der Waals surface area contributed by atoms with Crippen molar-refractivity contribution in [3.8, 4) is 0 Å². The normalized spacial score (nSPS) is 12.5. The molecule has 136 valence electrons. The van der Waals surface area contributed by atoms with Gasteiger partial charge in [-0.15, -0.1) is 0 Å². The minimum atomic E-state index is 0. The van der Waals surface area contributed by atoms with Crippen LogP contribution in [0.15, 0.2) is 96.2 Å². The zero-order valence-electron chi connectivity index (χ0n) is 15.6. The summed E-state index contributed by atoms with van der Waals surface area (Å²) in [5.41, 5.74) is 10.7. The van der Waals surface area contributed by atoms with Gasteiger partial charge >= 0.3 is 0 Å². The molecule has 2 heteroatoms. The van der Waals surface area contributed by atoms with Crippen molar-refractivity contribution in [3.05, 3.63) is 107 Å². The molecule has 0 saturated heterocycles. The number of hydrogen-bond donors (Lipinski definition) is 2. The summed E-state index contributed by atoms with van der Waals surface area (Å²) in [6.45, 7) is 2.20. The van der Waals surface area contributed by atoms with Gasteiger partial charge in [0.2, 0.25) is 0 Å². The maximum absolute atomic E-state index is 6.31. The van der Waals surface area contributed by atoms with Crippen molar-refractivity contribution in [3.63, 3.8) is 0 Å². The molecule has 2 rings (SSSR count). The van der Waals surface area contributed by atoms with Gasteiger partial charge < -0.3 is 11.9 Å². The lowest BCUT2D eigenvalue weighted by molar-refractivity contribution is 0.790. The number of rotatable bonds is 8. The van der Waals surface area contributed by atoms with Gasteiger partial charge in [-0.05, 0) is 35.6 Å². The summed E-state index contributed by atoms with van der Waals surface area (Å²) in [5.74, 6) is 0. The highest BCUT2D eigenvalue weighted by atomic mass is 14.6. The first-order valence-corrected chi connectivity index (χ1v) is 8.91. The van der Waals surface area contributed by atoms with E-state index in [9.17, 15) is 0 Å². The minimum absolute atomic E-state index is 0. The average molecular weight is 347 g/mol. The molecule has 2 aromatic carbocycles. The number of nitrogens with two attached hydrogens (primary N) is 1. The quantitative estimate of drug-likeness (QED) is 0.533. The van der Waals surface area contributed by atoms with E-state index < -0.39 is 0 Å². The number of hydrogen-bond acceptors (Lipinski definition) is 2. The van der Waals surface area contributed by atoms with Crippen molar-refractivity contribution >= 4 is 12.2 Å². The molecular formula is C24H30N2. The summed E-state index contributed by atoms with van der Waals surface area (Å²) < 4.78 is 0. The molecule has 0 heterocycles. The van der Waals surface area contributed by atoms with Crippen LogP contribution in [0.4, 0.5) is 0 Å². The Hall–Kier alpha value is -2.84. The van der Waals surface area contributed by atoms with E-state index in [1.165, 1.54) is 16.7 Å². The third-order valence-electron chi connectivity index (χ3n) is 3.92. The SMILES string of the molecule is CCCCC(=CC=Cc1ccccc1)C(N)=CC=Cc1ccccc1.N. The molecule has 0 atom stereocenters. The van der Waals surface area contributed by atoms with Crippen LogP contribution < -0.4 is 11.9 Å². The molecule has 26 heavy (non-hydrogen) atoms. The fraction of sp³-hybridized carbons (Fsp3) is 0.167. The lowest BCUT2D eigenvalue weighted by Gasteiger charge is -2.06. The molecule has 0 spiro atoms. The van der Waals surface area contributed by atoms with E-state index in [2.05, 4.69) is 55.5 Å². The monoisotopic (exact) mass is 346 g/mol. The summed E-state index contributed by atoms with van der Waals surface area (Å²) in [4.78, 5) is 0. The van der Waals surface area contributed by atoms with Gasteiger partial charge in [-0.1, -0.05) is 104 Å². The van der Waals surface area contributed by atoms with Crippen molar-refractivity contribution in [1.29, 1.82) is 0 Å². The van der Waals surface area contributed by atoms with Crippen LogP contribution in [0.2, 0.25) is 0 Å². The average Bonchev–Trinajstić information content (AvgIpc) is 2.66. The Morgan fingerprint density at radius 2 is 1.31 bits per heavy atom. The predicted molar refractivity (Wildman–Crippen MR) is 116 cm³/mol. The minimum Gasteiger partial charge on any atom is -0.399 e. The second-order valence-corrected chi connectivity index (χ2v) is 5.96. The number of allylic oxidation sites excluding steroid dienone is 5. The Balaban J connectivity index is 0.00000338. The van der Waals surface area contributed by atoms with Crippen molar-refractivity contribution in [1.82, 2.24) is 6.15 Å². The van der Waals surface area contributed by atoms with Gasteiger partial charge in [0.05, 0.1) is 0 Å². The summed E-state index contributed by atoms with van der Waals surface area (Å²) in [6, 6.07) is 20.6. The maximum Gasteiger partial charge on any atom is 0.0346 e. The van der Waals surface area contributed by atoms with E-state index in [0.29, 0.717) is 0 Å². The second kappa shape index (κ2) is 12.5. The van der Waals surface area contributed by atoms with E-state index in [1.807, 2.05) is 48.6 Å². The molecule has 5 N–H and O–H groups in total. The van der Waals surface area contributed by atoms with Gasteiger partial charge in [0.25, 0.3) is 0 Å². The first-order chi connectivity index (χ1) is 12.3. The highest BCUT2D eigenvalue weighted by Gasteiger charge is 1.99. The van der Waals surface area contributed by atoms with Gasteiger partial charge in [0.15, 0.2) is 0 Å². The third kappa shape index (κ3) is 7.82. The second-order valence-electron chi connectivity index (χ2n) is 5.96. The topological polar surface area (TPSA) is 61.0 Å². The largest absolute Gasteiger partial charge is 0.399 e. The molecule has 2 nitrogen and oxygen atoms in total. The first kappa shape index (κ1) is 21.2. The zero-order chi connectivity index (χ0) is 17.7. The number of benzene rings is 2. The molecule has 0 saturated carbocycles. The Labute approximate surface area is 158 Å². The predicted octanol–water partition coefficient (Wildman–Crippen LogP) is 6.53. The highest BCUT2D eigenvalue weighted by Crippen LogP contribution is 2.15. The van der Waals surface area contributed by atoms with Crippen LogP contribution in [0.3, 0.4) is 0 Å². The fourth-order valence-electron chi connectivity index (χ4n) is 2.46. The summed E-state index contributed by atoms with van der Waals surface area (Å²) in [7, 11) is 0. The Kier molecular flexibility index (Phi) is 10.2. The third-order valence-corrected chi connectivity index (χ3v) is 3.92. The van der Waals surface area contributed by atoms with Crippen molar-refractivity contribution in [2.24, 2.45) is 5.73 Å². The Bertz CT molecular complexity index is 738. The molecule has 0 aliphatic carbocycles. The van der Waals surface area contributed by atoms with Crippen LogP contribution in [-0.4, -0.2) is 0 Å². The fourth-order valence-corrected chi connectivity index (χ4v) is 2.46. The molecule has 0 aromatic heterocycles. The summed E-state index contributed by atoms with van der Waals surface area (Å²) in [5, 5.41) is 0. The first-order valence-electron chi connectivity index (χ1n) is 8.91. The zero-order valence-corrected chi connectivity index (χ0v) is 15.6. The summed E-state index contributed by atoms with van der Waals surface area (Å²) >= 11 is 0. The van der Waals surface area contributed by atoms with Crippen LogP contribution in [0.5, 0.6) is 0 Å². The van der Waals surface area contributed by atoms with Crippen molar-refractivity contribution in [2.75, 3.05) is 0 Å². The lowest BCUT2D eigenvalue weighted by atomic mass is 10.0. The highest BCUT2D eigenvalue weighted by molar-refractivity contribution is 5.53. The molecule has 0 fully saturated rings. The molecule has 0 aliphatic rings. The Morgan fingerprint density at radius 1 is 0.808 bits per heavy atom. The van der Waals surface area contributed by atoms with Crippen LogP contribution in [0, 0.1) is 0 Å². The molecule has 2 aromatic rings. The Morgan fingerprint density at radius 3 is 1.81 bits per heavy atom. The van der Waals surface area contributed by atoms with Gasteiger partial charge in [0, 0.05) is 5.70 Å². The van der Waals surface area contributed by atoms with E-state index >= 15 is 0 Å². The molecule has 0 unspecified atom stereocenters. The van der Waals surface area contributed by atoms with E-state index in [1.54, 1.807) is 0 Å². The van der Waals surface area contributed by atoms with E-state index in [4.69, 9.17) is 5.73 Å². The van der Waals surface area contributed by atoms with Gasteiger partial charge in [-0.2, -0.15) is 0 Å². The molecule has 0 radical (unpaired) electrons. The molecule has 0 amide bonds. The van der Waals surface area contributed by atoms with Crippen molar-refractivity contribution in [2.45, 2.75) is 26.2 Å². The van der Waals surface area contributed by atoms with E-state index in [0.717, 1.165) is 25.0 Å². The smallest absolute Gasteiger partial charge is 0.0346 e. The summed E-state index contributed by atoms with van der Waals surface area (Å²) in [6.07, 6.45) is 15.7. The van der Waals surface area contributed by atoms with E-state index in [-0.39, 0.29) is 6.15 Å². The van der Waals surface area contributed by atoms with Crippen LogP contribution >= 0.6 is 0 Å². The standard InChI is InChI=1S/C24H27N.H3N/c1-2-3-18-23(19-10-16-21-12-6-4-7-13-21)24(25)20-11-17-22-14-8-5-9-15-22;/h4-17,19-20H,2-3,18,25H2,1H3;1H3. The van der Waals surface area contributed by atoms with Crippen LogP contribution in [0.1, 0.15) is 37.3 Å². The van der Waals surface area contributed by atoms with Gasteiger partial charge in [-0.25, -0.2) is 0 Å². The van der Waals surface area contributed by atoms with Crippen LogP contribution in [-0.2, 0) is 0 Å².